The molecule has 18 heavy (non-hydrogen) atoms. The average Bonchev–Trinajstić information content (AvgIpc) is 2.25. The van der Waals surface area contributed by atoms with Crippen LogP contribution in [-0.4, -0.2) is 18.7 Å². The molecule has 0 bridgehead atoms. The summed E-state index contributed by atoms with van der Waals surface area (Å²) < 4.78 is 6.79. The Hall–Kier alpha value is -0.540. The molecule has 0 spiro atoms. The van der Waals surface area contributed by atoms with Gasteiger partial charge in [0.05, 0.1) is 6.61 Å². The number of hydrogen-bond acceptors (Lipinski definition) is 2. The summed E-state index contributed by atoms with van der Waals surface area (Å²) in [7, 11) is 0. The second kappa shape index (κ2) is 7.15. The lowest BCUT2D eigenvalue weighted by Gasteiger charge is -2.23. The fourth-order valence-corrected chi connectivity index (χ4v) is 1.90. The molecule has 1 N–H and O–H groups in total. The zero-order valence-electron chi connectivity index (χ0n) is 11.8. The molecule has 0 aliphatic carbocycles. The van der Waals surface area contributed by atoms with Gasteiger partial charge in [0, 0.05) is 10.0 Å². The Kier molecular flexibility index (Phi) is 6.16. The number of rotatable bonds is 6. The predicted octanol–water partition coefficient (Wildman–Crippen LogP) is 4.24. The zero-order valence-corrected chi connectivity index (χ0v) is 13.4. The Morgan fingerprint density at radius 2 is 2.06 bits per heavy atom. The molecular formula is C15H24BrNO. The summed E-state index contributed by atoms with van der Waals surface area (Å²) >= 11 is 3.44. The monoisotopic (exact) mass is 313 g/mol. The quantitative estimate of drug-likeness (QED) is 0.848. The van der Waals surface area contributed by atoms with E-state index in [1.165, 1.54) is 0 Å². The third-order valence-corrected chi connectivity index (χ3v) is 3.15. The summed E-state index contributed by atoms with van der Waals surface area (Å²) in [6.45, 7) is 10.6. The third kappa shape index (κ3) is 7.02. The maximum absolute atomic E-state index is 5.73. The molecule has 0 aliphatic rings. The highest BCUT2D eigenvalue weighted by Crippen LogP contribution is 2.18. The summed E-state index contributed by atoms with van der Waals surface area (Å²) in [6, 6.07) is 7.98. The number of benzene rings is 1. The van der Waals surface area contributed by atoms with E-state index in [2.05, 4.69) is 48.9 Å². The first-order valence-electron chi connectivity index (χ1n) is 6.50. The van der Waals surface area contributed by atoms with E-state index in [4.69, 9.17) is 4.74 Å². The minimum Gasteiger partial charge on any atom is -0.494 e. The van der Waals surface area contributed by atoms with Gasteiger partial charge in [0.2, 0.25) is 0 Å². The number of nitrogens with one attached hydrogen (secondary N) is 1. The third-order valence-electron chi connectivity index (χ3n) is 2.66. The molecule has 0 aromatic heterocycles. The van der Waals surface area contributed by atoms with Crippen LogP contribution in [0.2, 0.25) is 0 Å². The van der Waals surface area contributed by atoms with Gasteiger partial charge in [-0.25, -0.2) is 0 Å². The molecular weight excluding hydrogens is 290 g/mol. The van der Waals surface area contributed by atoms with Crippen molar-refractivity contribution in [2.75, 3.05) is 13.2 Å². The normalized spacial score (nSPS) is 13.4. The fourth-order valence-electron chi connectivity index (χ4n) is 1.52. The van der Waals surface area contributed by atoms with Gasteiger partial charge < -0.3 is 10.1 Å². The van der Waals surface area contributed by atoms with E-state index in [0.29, 0.717) is 5.92 Å². The van der Waals surface area contributed by atoms with Crippen molar-refractivity contribution in [2.24, 2.45) is 5.92 Å². The van der Waals surface area contributed by atoms with Crippen molar-refractivity contribution >= 4 is 15.9 Å². The molecule has 1 unspecified atom stereocenters. The Morgan fingerprint density at radius 1 is 1.33 bits per heavy atom. The van der Waals surface area contributed by atoms with E-state index in [0.717, 1.165) is 29.8 Å². The molecule has 3 heteroatoms. The topological polar surface area (TPSA) is 21.3 Å². The van der Waals surface area contributed by atoms with Crippen LogP contribution >= 0.6 is 15.9 Å². The second-order valence-corrected chi connectivity index (χ2v) is 6.75. The molecule has 1 aromatic rings. The van der Waals surface area contributed by atoms with Gasteiger partial charge in [0.1, 0.15) is 5.75 Å². The van der Waals surface area contributed by atoms with Crippen LogP contribution in [0.25, 0.3) is 0 Å². The minimum absolute atomic E-state index is 0.194. The Bertz CT molecular complexity index is 360. The molecule has 1 atom stereocenters. The SMILES string of the molecule is CC(CCOc1cccc(Br)c1)CNC(C)(C)C. The smallest absolute Gasteiger partial charge is 0.120 e. The van der Waals surface area contributed by atoms with Gasteiger partial charge >= 0.3 is 0 Å². The van der Waals surface area contributed by atoms with E-state index in [1.807, 2.05) is 24.3 Å². The van der Waals surface area contributed by atoms with Gasteiger partial charge in [-0.05, 0) is 57.9 Å². The maximum Gasteiger partial charge on any atom is 0.120 e. The van der Waals surface area contributed by atoms with Crippen molar-refractivity contribution in [3.8, 4) is 5.75 Å². The molecule has 0 saturated heterocycles. The Labute approximate surface area is 119 Å². The van der Waals surface area contributed by atoms with Crippen LogP contribution in [0.4, 0.5) is 0 Å². The first-order chi connectivity index (χ1) is 8.37. The van der Waals surface area contributed by atoms with Crippen LogP contribution in [-0.2, 0) is 0 Å². The van der Waals surface area contributed by atoms with Crippen LogP contribution in [0.3, 0.4) is 0 Å². The highest BCUT2D eigenvalue weighted by atomic mass is 79.9. The summed E-state index contributed by atoms with van der Waals surface area (Å²) in [4.78, 5) is 0. The van der Waals surface area contributed by atoms with Gasteiger partial charge in [-0.15, -0.1) is 0 Å². The maximum atomic E-state index is 5.73. The van der Waals surface area contributed by atoms with Crippen molar-refractivity contribution in [1.82, 2.24) is 5.32 Å². The van der Waals surface area contributed by atoms with Crippen molar-refractivity contribution in [3.05, 3.63) is 28.7 Å². The molecule has 0 heterocycles. The highest BCUT2D eigenvalue weighted by Gasteiger charge is 2.11. The molecule has 0 saturated carbocycles. The largest absolute Gasteiger partial charge is 0.494 e. The molecule has 2 nitrogen and oxygen atoms in total. The van der Waals surface area contributed by atoms with Crippen LogP contribution < -0.4 is 10.1 Å². The molecule has 0 radical (unpaired) electrons. The van der Waals surface area contributed by atoms with E-state index >= 15 is 0 Å². The van der Waals surface area contributed by atoms with E-state index < -0.39 is 0 Å². The van der Waals surface area contributed by atoms with Crippen molar-refractivity contribution in [1.29, 1.82) is 0 Å². The lowest BCUT2D eigenvalue weighted by molar-refractivity contribution is 0.272. The minimum atomic E-state index is 0.194. The second-order valence-electron chi connectivity index (χ2n) is 5.83. The first kappa shape index (κ1) is 15.5. The van der Waals surface area contributed by atoms with Gasteiger partial charge in [-0.3, -0.25) is 0 Å². The summed E-state index contributed by atoms with van der Waals surface area (Å²) in [5.74, 6) is 1.55. The summed E-state index contributed by atoms with van der Waals surface area (Å²) in [6.07, 6.45) is 1.07. The van der Waals surface area contributed by atoms with Gasteiger partial charge in [-0.1, -0.05) is 28.9 Å². The first-order valence-corrected chi connectivity index (χ1v) is 7.29. The number of hydrogen-bond donors (Lipinski definition) is 1. The van der Waals surface area contributed by atoms with Crippen molar-refractivity contribution < 1.29 is 4.74 Å². The Morgan fingerprint density at radius 3 is 2.67 bits per heavy atom. The molecule has 0 amide bonds. The van der Waals surface area contributed by atoms with Crippen LogP contribution in [0.15, 0.2) is 28.7 Å². The Balaban J connectivity index is 2.21. The van der Waals surface area contributed by atoms with Crippen molar-refractivity contribution in [3.63, 3.8) is 0 Å². The summed E-state index contributed by atoms with van der Waals surface area (Å²) in [5, 5.41) is 3.52. The van der Waals surface area contributed by atoms with Gasteiger partial charge in [0.25, 0.3) is 0 Å². The zero-order chi connectivity index (χ0) is 13.6. The van der Waals surface area contributed by atoms with Crippen molar-refractivity contribution in [2.45, 2.75) is 39.7 Å². The fraction of sp³-hybridized carbons (Fsp3) is 0.600. The van der Waals surface area contributed by atoms with E-state index in [1.54, 1.807) is 0 Å². The molecule has 1 aromatic carbocycles. The molecule has 102 valence electrons. The lowest BCUT2D eigenvalue weighted by atomic mass is 10.0. The average molecular weight is 314 g/mol. The van der Waals surface area contributed by atoms with Crippen LogP contribution in [0.5, 0.6) is 5.75 Å². The van der Waals surface area contributed by atoms with Crippen LogP contribution in [0.1, 0.15) is 34.1 Å². The summed E-state index contributed by atoms with van der Waals surface area (Å²) in [5.41, 5.74) is 0.194. The number of halogens is 1. The standard InChI is InChI=1S/C15H24BrNO/c1-12(11-17-15(2,3)4)8-9-18-14-7-5-6-13(16)10-14/h5-7,10,12,17H,8-9,11H2,1-4H3. The number of ether oxygens (including phenoxy) is 1. The van der Waals surface area contributed by atoms with E-state index in [9.17, 15) is 0 Å². The predicted molar refractivity (Wildman–Crippen MR) is 81.2 cm³/mol. The van der Waals surface area contributed by atoms with Gasteiger partial charge in [0.15, 0.2) is 0 Å². The lowest BCUT2D eigenvalue weighted by Crippen LogP contribution is -2.38. The van der Waals surface area contributed by atoms with Crippen LogP contribution in [0, 0.1) is 5.92 Å². The van der Waals surface area contributed by atoms with Gasteiger partial charge in [-0.2, -0.15) is 0 Å². The molecule has 0 fully saturated rings. The highest BCUT2D eigenvalue weighted by molar-refractivity contribution is 9.10. The molecule has 0 aliphatic heterocycles. The van der Waals surface area contributed by atoms with E-state index in [-0.39, 0.29) is 5.54 Å². The molecule has 1 rings (SSSR count).